The molecule has 0 saturated heterocycles. The van der Waals surface area contributed by atoms with E-state index in [-0.39, 0.29) is 0 Å². The van der Waals surface area contributed by atoms with Crippen LogP contribution in [0.4, 0.5) is 0 Å². The van der Waals surface area contributed by atoms with Crippen molar-refractivity contribution in [3.63, 3.8) is 0 Å². The first-order chi connectivity index (χ1) is 8.79. The highest BCUT2D eigenvalue weighted by Crippen LogP contribution is 2.47. The summed E-state index contributed by atoms with van der Waals surface area (Å²) in [4.78, 5) is 0. The van der Waals surface area contributed by atoms with Crippen molar-refractivity contribution in [1.29, 1.82) is 0 Å². The van der Waals surface area contributed by atoms with Gasteiger partial charge in [-0.2, -0.15) is 0 Å². The van der Waals surface area contributed by atoms with Gasteiger partial charge < -0.3 is 5.32 Å². The molecular weight excluding hydrogens is 218 g/mol. The van der Waals surface area contributed by atoms with Gasteiger partial charge in [0.25, 0.3) is 0 Å². The van der Waals surface area contributed by atoms with Crippen LogP contribution in [0.25, 0.3) is 0 Å². The molecule has 1 aromatic rings. The molecule has 2 fully saturated rings. The molecule has 0 amide bonds. The van der Waals surface area contributed by atoms with E-state index < -0.39 is 0 Å². The van der Waals surface area contributed by atoms with Gasteiger partial charge in [0.15, 0.2) is 0 Å². The first kappa shape index (κ1) is 12.2. The zero-order valence-electron chi connectivity index (χ0n) is 11.7. The fourth-order valence-electron chi connectivity index (χ4n) is 3.30. The number of rotatable bonds is 5. The molecule has 1 aromatic carbocycles. The molecule has 0 heterocycles. The average molecular weight is 243 g/mol. The molecule has 18 heavy (non-hydrogen) atoms. The van der Waals surface area contributed by atoms with Crippen molar-refractivity contribution in [2.75, 3.05) is 6.54 Å². The third-order valence-corrected chi connectivity index (χ3v) is 4.87. The Morgan fingerprint density at radius 3 is 2.67 bits per heavy atom. The van der Waals surface area contributed by atoms with Crippen LogP contribution in [0.2, 0.25) is 0 Å². The van der Waals surface area contributed by atoms with E-state index in [1.165, 1.54) is 31.2 Å². The van der Waals surface area contributed by atoms with Crippen molar-refractivity contribution in [3.05, 3.63) is 35.4 Å². The predicted molar refractivity (Wildman–Crippen MR) is 76.7 cm³/mol. The summed E-state index contributed by atoms with van der Waals surface area (Å²) in [5.41, 5.74) is 3.10. The van der Waals surface area contributed by atoms with E-state index in [0.29, 0.717) is 6.04 Å². The third-order valence-electron chi connectivity index (χ3n) is 4.87. The number of nitrogens with one attached hydrogen (secondary N) is 1. The molecule has 0 spiro atoms. The van der Waals surface area contributed by atoms with Crippen LogP contribution in [0.15, 0.2) is 24.3 Å². The van der Waals surface area contributed by atoms with Crippen LogP contribution in [0, 0.1) is 11.8 Å². The van der Waals surface area contributed by atoms with Crippen LogP contribution in [0.1, 0.15) is 62.6 Å². The van der Waals surface area contributed by atoms with E-state index in [1.54, 1.807) is 5.56 Å². The van der Waals surface area contributed by atoms with Crippen molar-refractivity contribution in [2.24, 2.45) is 11.8 Å². The molecule has 2 aliphatic carbocycles. The van der Waals surface area contributed by atoms with Gasteiger partial charge in [0.1, 0.15) is 0 Å². The van der Waals surface area contributed by atoms with Crippen molar-refractivity contribution >= 4 is 0 Å². The molecule has 3 atom stereocenters. The molecule has 0 bridgehead atoms. The predicted octanol–water partition coefficient (Wildman–Crippen LogP) is 4.26. The fourth-order valence-corrected chi connectivity index (χ4v) is 3.30. The summed E-state index contributed by atoms with van der Waals surface area (Å²) in [5, 5.41) is 3.69. The van der Waals surface area contributed by atoms with E-state index >= 15 is 0 Å². The van der Waals surface area contributed by atoms with Gasteiger partial charge in [-0.25, -0.2) is 0 Å². The monoisotopic (exact) mass is 243 g/mol. The first-order valence-electron chi connectivity index (χ1n) is 7.63. The van der Waals surface area contributed by atoms with Crippen molar-refractivity contribution in [3.8, 4) is 0 Å². The molecule has 1 N–H and O–H groups in total. The SMILES string of the molecule is CCNC(c1cccc(C2CCC2)c1)C1CC1C. The highest BCUT2D eigenvalue weighted by atomic mass is 14.9. The van der Waals surface area contributed by atoms with Gasteiger partial charge in [0.05, 0.1) is 0 Å². The van der Waals surface area contributed by atoms with Crippen molar-refractivity contribution < 1.29 is 0 Å². The molecule has 3 rings (SSSR count). The Balaban J connectivity index is 1.79. The molecule has 3 unspecified atom stereocenters. The van der Waals surface area contributed by atoms with Gasteiger partial charge in [-0.3, -0.25) is 0 Å². The van der Waals surface area contributed by atoms with Gasteiger partial charge in [-0.05, 0) is 54.7 Å². The summed E-state index contributed by atoms with van der Waals surface area (Å²) in [5.74, 6) is 2.62. The number of hydrogen-bond acceptors (Lipinski definition) is 1. The zero-order valence-corrected chi connectivity index (χ0v) is 11.7. The Kier molecular flexibility index (Phi) is 3.43. The second-order valence-corrected chi connectivity index (χ2v) is 6.21. The molecule has 0 aromatic heterocycles. The molecule has 0 aliphatic heterocycles. The topological polar surface area (TPSA) is 12.0 Å². The second kappa shape index (κ2) is 5.05. The highest BCUT2D eigenvalue weighted by molar-refractivity contribution is 5.31. The van der Waals surface area contributed by atoms with Crippen LogP contribution >= 0.6 is 0 Å². The molecule has 1 nitrogen and oxygen atoms in total. The van der Waals surface area contributed by atoms with Crippen LogP contribution in [0.5, 0.6) is 0 Å². The van der Waals surface area contributed by atoms with Gasteiger partial charge in [-0.1, -0.05) is 44.5 Å². The van der Waals surface area contributed by atoms with E-state index in [9.17, 15) is 0 Å². The minimum Gasteiger partial charge on any atom is -0.310 e. The van der Waals surface area contributed by atoms with Gasteiger partial charge >= 0.3 is 0 Å². The summed E-state index contributed by atoms with van der Waals surface area (Å²) >= 11 is 0. The maximum absolute atomic E-state index is 3.69. The van der Waals surface area contributed by atoms with Gasteiger partial charge in [0.2, 0.25) is 0 Å². The van der Waals surface area contributed by atoms with Crippen molar-refractivity contribution in [1.82, 2.24) is 5.32 Å². The lowest BCUT2D eigenvalue weighted by atomic mass is 9.79. The van der Waals surface area contributed by atoms with E-state index in [2.05, 4.69) is 43.4 Å². The maximum Gasteiger partial charge on any atom is 0.0351 e. The third kappa shape index (κ3) is 2.33. The van der Waals surface area contributed by atoms with E-state index in [0.717, 1.165) is 24.3 Å². The summed E-state index contributed by atoms with van der Waals surface area (Å²) in [7, 11) is 0. The van der Waals surface area contributed by atoms with E-state index in [1.807, 2.05) is 0 Å². The molecule has 2 saturated carbocycles. The second-order valence-electron chi connectivity index (χ2n) is 6.21. The van der Waals surface area contributed by atoms with Crippen LogP contribution < -0.4 is 5.32 Å². The van der Waals surface area contributed by atoms with Crippen molar-refractivity contribution in [2.45, 2.75) is 51.5 Å². The molecule has 98 valence electrons. The quantitative estimate of drug-likeness (QED) is 0.814. The summed E-state index contributed by atoms with van der Waals surface area (Å²) in [6.07, 6.45) is 5.61. The molecular formula is C17H25N. The number of benzene rings is 1. The minimum atomic E-state index is 0.588. The van der Waals surface area contributed by atoms with Crippen LogP contribution in [0.3, 0.4) is 0 Å². The Morgan fingerprint density at radius 2 is 2.11 bits per heavy atom. The maximum atomic E-state index is 3.69. The first-order valence-corrected chi connectivity index (χ1v) is 7.63. The lowest BCUT2D eigenvalue weighted by Gasteiger charge is -2.27. The highest BCUT2D eigenvalue weighted by Gasteiger charge is 2.39. The average Bonchev–Trinajstić information content (AvgIpc) is 3.01. The number of hydrogen-bond donors (Lipinski definition) is 1. The Bertz CT molecular complexity index is 408. The summed E-state index contributed by atoms with van der Waals surface area (Å²) in [6, 6.07) is 9.97. The lowest BCUT2D eigenvalue weighted by molar-refractivity contribution is 0.417. The Morgan fingerprint density at radius 1 is 1.33 bits per heavy atom. The van der Waals surface area contributed by atoms with Crippen LogP contribution in [-0.2, 0) is 0 Å². The zero-order chi connectivity index (χ0) is 12.5. The largest absolute Gasteiger partial charge is 0.310 e. The normalized spacial score (nSPS) is 28.8. The Labute approximate surface area is 111 Å². The fraction of sp³-hybridized carbons (Fsp3) is 0.647. The summed E-state index contributed by atoms with van der Waals surface area (Å²) in [6.45, 7) is 5.67. The molecule has 1 heteroatoms. The van der Waals surface area contributed by atoms with Gasteiger partial charge in [0, 0.05) is 6.04 Å². The van der Waals surface area contributed by atoms with Crippen LogP contribution in [-0.4, -0.2) is 6.54 Å². The molecule has 0 radical (unpaired) electrons. The summed E-state index contributed by atoms with van der Waals surface area (Å²) < 4.78 is 0. The smallest absolute Gasteiger partial charge is 0.0351 e. The Hall–Kier alpha value is -0.820. The minimum absolute atomic E-state index is 0.588. The lowest BCUT2D eigenvalue weighted by Crippen LogP contribution is -2.23. The van der Waals surface area contributed by atoms with E-state index in [4.69, 9.17) is 0 Å². The standard InChI is InChI=1S/C17H25N/c1-3-18-17(16-10-12(16)2)15-9-5-8-14(11-15)13-6-4-7-13/h5,8-9,11-13,16-18H,3-4,6-7,10H2,1-2H3. The molecule has 2 aliphatic rings. The van der Waals surface area contributed by atoms with Gasteiger partial charge in [-0.15, -0.1) is 0 Å².